The summed E-state index contributed by atoms with van der Waals surface area (Å²) in [5.74, 6) is 0.339. The number of benzene rings is 2. The molecule has 1 heterocycles. The number of halogens is 2. The number of rotatable bonds is 1. The number of ether oxygens (including phenoxy) is 1. The summed E-state index contributed by atoms with van der Waals surface area (Å²) in [7, 11) is 0. The van der Waals surface area contributed by atoms with E-state index < -0.39 is 5.82 Å². The zero-order chi connectivity index (χ0) is 14.3. The molecule has 2 N–H and O–H groups in total. The van der Waals surface area contributed by atoms with Crippen molar-refractivity contribution >= 4 is 11.6 Å². The van der Waals surface area contributed by atoms with Crippen molar-refractivity contribution in [2.24, 2.45) is 5.73 Å². The minimum absolute atomic E-state index is 0.109. The van der Waals surface area contributed by atoms with Gasteiger partial charge in [0, 0.05) is 18.0 Å². The third kappa shape index (κ3) is 2.39. The molecule has 0 aliphatic carbocycles. The van der Waals surface area contributed by atoms with Gasteiger partial charge in [0.1, 0.15) is 17.7 Å². The smallest absolute Gasteiger partial charge is 0.142 e. The summed E-state index contributed by atoms with van der Waals surface area (Å²) in [6, 6.07) is 10.6. The van der Waals surface area contributed by atoms with Crippen LogP contribution in [0.25, 0.3) is 0 Å². The Balaban J connectivity index is 1.94. The summed E-state index contributed by atoms with van der Waals surface area (Å²) in [5.41, 5.74) is 9.13. The van der Waals surface area contributed by atoms with Crippen molar-refractivity contribution in [2.75, 3.05) is 0 Å². The van der Waals surface area contributed by atoms with Gasteiger partial charge >= 0.3 is 0 Å². The average Bonchev–Trinajstić information content (AvgIpc) is 2.42. The summed E-state index contributed by atoms with van der Waals surface area (Å²) < 4.78 is 19.5. The first-order valence-electron chi connectivity index (χ1n) is 6.52. The van der Waals surface area contributed by atoms with Gasteiger partial charge in [0.2, 0.25) is 0 Å². The van der Waals surface area contributed by atoms with E-state index in [1.54, 1.807) is 12.1 Å². The number of nitrogens with two attached hydrogens (primary N) is 1. The molecule has 0 saturated carbocycles. The van der Waals surface area contributed by atoms with Gasteiger partial charge in [-0.15, -0.1) is 0 Å². The summed E-state index contributed by atoms with van der Waals surface area (Å²) in [4.78, 5) is 0. The van der Waals surface area contributed by atoms with Crippen LogP contribution in [0.4, 0.5) is 4.39 Å². The van der Waals surface area contributed by atoms with Crippen molar-refractivity contribution in [3.8, 4) is 5.75 Å². The number of fused-ring (bicyclic) bond motifs is 1. The highest BCUT2D eigenvalue weighted by Gasteiger charge is 2.27. The molecule has 0 spiro atoms. The molecule has 0 aromatic heterocycles. The predicted octanol–water partition coefficient (Wildman–Crippen LogP) is 4.31. The van der Waals surface area contributed by atoms with Crippen LogP contribution in [0, 0.1) is 12.7 Å². The Morgan fingerprint density at radius 1 is 1.25 bits per heavy atom. The molecule has 2 aromatic carbocycles. The molecule has 1 aliphatic heterocycles. The Bertz CT molecular complexity index is 659. The van der Waals surface area contributed by atoms with E-state index in [1.165, 1.54) is 6.07 Å². The Labute approximate surface area is 122 Å². The Morgan fingerprint density at radius 3 is 2.80 bits per heavy atom. The minimum atomic E-state index is -0.434. The van der Waals surface area contributed by atoms with Crippen LogP contribution in [0.5, 0.6) is 5.75 Å². The second-order valence-corrected chi connectivity index (χ2v) is 5.57. The molecule has 0 radical (unpaired) electrons. The van der Waals surface area contributed by atoms with Crippen LogP contribution in [0.15, 0.2) is 36.4 Å². The van der Waals surface area contributed by atoms with Crippen LogP contribution in [0.1, 0.15) is 35.3 Å². The molecule has 104 valence electrons. The van der Waals surface area contributed by atoms with Gasteiger partial charge in [-0.1, -0.05) is 35.4 Å². The lowest BCUT2D eigenvalue weighted by molar-refractivity contribution is 0.161. The molecule has 1 aliphatic rings. The normalized spacial score (nSPS) is 21.2. The van der Waals surface area contributed by atoms with Crippen LogP contribution in [0.2, 0.25) is 5.02 Å². The quantitative estimate of drug-likeness (QED) is 0.849. The van der Waals surface area contributed by atoms with E-state index in [0.717, 1.165) is 22.4 Å². The van der Waals surface area contributed by atoms with Gasteiger partial charge in [-0.05, 0) is 30.7 Å². The maximum atomic E-state index is 13.6. The summed E-state index contributed by atoms with van der Waals surface area (Å²) in [5, 5.41) is 0.116. The molecule has 2 nitrogen and oxygen atoms in total. The molecule has 2 aromatic rings. The zero-order valence-corrected chi connectivity index (χ0v) is 11.8. The maximum Gasteiger partial charge on any atom is 0.142 e. The van der Waals surface area contributed by atoms with E-state index in [0.29, 0.717) is 6.42 Å². The maximum absolute atomic E-state index is 13.6. The van der Waals surface area contributed by atoms with Crippen molar-refractivity contribution < 1.29 is 9.13 Å². The van der Waals surface area contributed by atoms with Gasteiger partial charge in [0.25, 0.3) is 0 Å². The lowest BCUT2D eigenvalue weighted by atomic mass is 9.92. The zero-order valence-electron chi connectivity index (χ0n) is 11.1. The van der Waals surface area contributed by atoms with Crippen molar-refractivity contribution in [1.82, 2.24) is 0 Å². The molecule has 0 bridgehead atoms. The van der Waals surface area contributed by atoms with E-state index in [4.69, 9.17) is 22.1 Å². The van der Waals surface area contributed by atoms with Crippen molar-refractivity contribution in [2.45, 2.75) is 25.5 Å². The first-order chi connectivity index (χ1) is 9.54. The standard InChI is InChI=1S/C16H15ClFNO/c1-9-2-5-15-11(6-9)14(19)8-16(20-15)10-3-4-12(17)13(18)7-10/h2-7,14,16H,8,19H2,1H3/t14-,16?/m0/s1. The Hall–Kier alpha value is -1.58. The molecule has 0 amide bonds. The summed E-state index contributed by atoms with van der Waals surface area (Å²) in [6.07, 6.45) is 0.379. The van der Waals surface area contributed by atoms with E-state index in [9.17, 15) is 4.39 Å². The fourth-order valence-corrected chi connectivity index (χ4v) is 2.66. The molecule has 1 unspecified atom stereocenters. The molecule has 0 fully saturated rings. The highest BCUT2D eigenvalue weighted by atomic mass is 35.5. The molecular formula is C16H15ClFNO. The van der Waals surface area contributed by atoms with Gasteiger partial charge in [-0.3, -0.25) is 0 Å². The third-order valence-corrected chi connectivity index (χ3v) is 3.92. The Morgan fingerprint density at radius 2 is 2.05 bits per heavy atom. The van der Waals surface area contributed by atoms with Gasteiger partial charge in [0.15, 0.2) is 0 Å². The molecular weight excluding hydrogens is 277 g/mol. The highest BCUT2D eigenvalue weighted by Crippen LogP contribution is 2.40. The second-order valence-electron chi connectivity index (χ2n) is 5.16. The first kappa shape index (κ1) is 13.4. The van der Waals surface area contributed by atoms with Crippen molar-refractivity contribution in [3.05, 3.63) is 63.9 Å². The second kappa shape index (κ2) is 5.08. The molecule has 20 heavy (non-hydrogen) atoms. The molecule has 4 heteroatoms. The largest absolute Gasteiger partial charge is 0.485 e. The van der Waals surface area contributed by atoms with Gasteiger partial charge in [-0.25, -0.2) is 4.39 Å². The Kier molecular flexibility index (Phi) is 3.40. The lowest BCUT2D eigenvalue weighted by Crippen LogP contribution is -2.24. The number of hydrogen-bond acceptors (Lipinski definition) is 2. The average molecular weight is 292 g/mol. The van der Waals surface area contributed by atoms with Crippen LogP contribution in [0.3, 0.4) is 0 Å². The monoisotopic (exact) mass is 291 g/mol. The third-order valence-electron chi connectivity index (χ3n) is 3.62. The first-order valence-corrected chi connectivity index (χ1v) is 6.90. The molecule has 3 rings (SSSR count). The molecule has 0 saturated heterocycles. The highest BCUT2D eigenvalue weighted by molar-refractivity contribution is 6.30. The van der Waals surface area contributed by atoms with Gasteiger partial charge in [-0.2, -0.15) is 0 Å². The predicted molar refractivity (Wildman–Crippen MR) is 77.5 cm³/mol. The number of hydrogen-bond donors (Lipinski definition) is 1. The fraction of sp³-hybridized carbons (Fsp3) is 0.250. The van der Waals surface area contributed by atoms with Crippen LogP contribution in [-0.2, 0) is 0 Å². The van der Waals surface area contributed by atoms with Gasteiger partial charge in [0.05, 0.1) is 5.02 Å². The van der Waals surface area contributed by atoms with Crippen LogP contribution < -0.4 is 10.5 Å². The SMILES string of the molecule is Cc1ccc2c(c1)[C@@H](N)CC(c1ccc(Cl)c(F)c1)O2. The van der Waals surface area contributed by atoms with Crippen LogP contribution >= 0.6 is 11.6 Å². The van der Waals surface area contributed by atoms with Gasteiger partial charge < -0.3 is 10.5 Å². The van der Waals surface area contributed by atoms with Crippen molar-refractivity contribution in [3.63, 3.8) is 0 Å². The molecule has 2 atom stereocenters. The number of aryl methyl sites for hydroxylation is 1. The minimum Gasteiger partial charge on any atom is -0.485 e. The van der Waals surface area contributed by atoms with E-state index in [1.807, 2.05) is 25.1 Å². The topological polar surface area (TPSA) is 35.2 Å². The summed E-state index contributed by atoms with van der Waals surface area (Å²) >= 11 is 5.71. The van der Waals surface area contributed by atoms with E-state index >= 15 is 0 Å². The lowest BCUT2D eigenvalue weighted by Gasteiger charge is -2.31. The summed E-state index contributed by atoms with van der Waals surface area (Å²) in [6.45, 7) is 2.02. The van der Waals surface area contributed by atoms with Crippen molar-refractivity contribution in [1.29, 1.82) is 0 Å². The van der Waals surface area contributed by atoms with Crippen LogP contribution in [-0.4, -0.2) is 0 Å². The van der Waals surface area contributed by atoms with E-state index in [-0.39, 0.29) is 17.2 Å². The van der Waals surface area contributed by atoms with E-state index in [2.05, 4.69) is 0 Å². The fourth-order valence-electron chi connectivity index (χ4n) is 2.54.